The van der Waals surface area contributed by atoms with Crippen molar-refractivity contribution in [2.24, 2.45) is 17.6 Å². The van der Waals surface area contributed by atoms with E-state index in [9.17, 15) is 9.59 Å². The molecule has 0 aromatic heterocycles. The molecule has 1 aliphatic carbocycles. The van der Waals surface area contributed by atoms with Crippen LogP contribution in [0.1, 0.15) is 51.9 Å². The van der Waals surface area contributed by atoms with Crippen molar-refractivity contribution in [3.05, 3.63) is 0 Å². The van der Waals surface area contributed by atoms with Crippen LogP contribution in [-0.2, 0) is 14.3 Å². The molecule has 0 aromatic rings. The molecule has 21 heavy (non-hydrogen) atoms. The molecule has 2 atom stereocenters. The molecule has 0 radical (unpaired) electrons. The van der Waals surface area contributed by atoms with Crippen molar-refractivity contribution in [2.75, 3.05) is 19.7 Å². The molecule has 2 rings (SSSR count). The lowest BCUT2D eigenvalue weighted by atomic mass is 9.88. The lowest BCUT2D eigenvalue weighted by Gasteiger charge is -2.33. The Hall–Kier alpha value is -1.10. The molecule has 1 saturated carbocycles. The smallest absolute Gasteiger partial charge is 0.248 e. The summed E-state index contributed by atoms with van der Waals surface area (Å²) in [5.41, 5.74) is 5.22. The number of rotatable bonds is 5. The highest BCUT2D eigenvalue weighted by molar-refractivity contribution is 5.77. The Morgan fingerprint density at radius 1 is 1.14 bits per heavy atom. The average Bonchev–Trinajstić information content (AvgIpc) is 2.46. The Bertz CT molecular complexity index is 365. The summed E-state index contributed by atoms with van der Waals surface area (Å²) in [6, 6.07) is 0. The molecule has 5 heteroatoms. The van der Waals surface area contributed by atoms with Crippen LogP contribution in [0.2, 0.25) is 0 Å². The molecule has 5 nitrogen and oxygen atoms in total. The lowest BCUT2D eigenvalue weighted by molar-refractivity contribution is -0.141. The first kappa shape index (κ1) is 16.3. The monoisotopic (exact) mass is 296 g/mol. The van der Waals surface area contributed by atoms with Gasteiger partial charge in [-0.1, -0.05) is 19.8 Å². The van der Waals surface area contributed by atoms with Gasteiger partial charge < -0.3 is 15.4 Å². The summed E-state index contributed by atoms with van der Waals surface area (Å²) in [7, 11) is 0. The minimum Gasteiger partial charge on any atom is -0.370 e. The van der Waals surface area contributed by atoms with Gasteiger partial charge in [0, 0.05) is 19.5 Å². The van der Waals surface area contributed by atoms with Gasteiger partial charge in [-0.15, -0.1) is 0 Å². The molecule has 0 spiro atoms. The third kappa shape index (κ3) is 4.99. The normalized spacial score (nSPS) is 27.6. The molecule has 1 saturated heterocycles. The largest absolute Gasteiger partial charge is 0.370 e. The van der Waals surface area contributed by atoms with Crippen LogP contribution in [-0.4, -0.2) is 42.5 Å². The molecule has 1 heterocycles. The molecule has 0 unspecified atom stereocenters. The van der Waals surface area contributed by atoms with Crippen molar-refractivity contribution in [3.63, 3.8) is 0 Å². The maximum atomic E-state index is 12.2. The fraction of sp³-hybridized carbons (Fsp3) is 0.875. The topological polar surface area (TPSA) is 72.6 Å². The van der Waals surface area contributed by atoms with Crippen LogP contribution < -0.4 is 5.73 Å². The van der Waals surface area contributed by atoms with Crippen molar-refractivity contribution in [2.45, 2.75) is 58.0 Å². The van der Waals surface area contributed by atoms with E-state index in [0.717, 1.165) is 32.4 Å². The summed E-state index contributed by atoms with van der Waals surface area (Å²) in [5, 5.41) is 0. The van der Waals surface area contributed by atoms with E-state index in [2.05, 4.69) is 6.92 Å². The number of nitrogens with zero attached hydrogens (tertiary/aromatic N) is 1. The van der Waals surface area contributed by atoms with Crippen molar-refractivity contribution in [3.8, 4) is 0 Å². The fourth-order valence-electron chi connectivity index (χ4n) is 3.47. The van der Waals surface area contributed by atoms with Crippen LogP contribution in [0.5, 0.6) is 0 Å². The SMILES string of the molecule is C[C@@H]1CCCC[C@@H]1OCC(=O)N1CCC(CC(N)=O)CC1. The lowest BCUT2D eigenvalue weighted by Crippen LogP contribution is -2.42. The summed E-state index contributed by atoms with van der Waals surface area (Å²) in [6.45, 7) is 3.86. The number of hydrogen-bond donors (Lipinski definition) is 1. The van der Waals surface area contributed by atoms with Crippen molar-refractivity contribution in [1.29, 1.82) is 0 Å². The zero-order valence-electron chi connectivity index (χ0n) is 13.1. The van der Waals surface area contributed by atoms with Gasteiger partial charge in [0.2, 0.25) is 11.8 Å². The predicted molar refractivity (Wildman–Crippen MR) is 80.5 cm³/mol. The molecule has 2 aliphatic rings. The number of likely N-dealkylation sites (tertiary alicyclic amines) is 1. The van der Waals surface area contributed by atoms with Gasteiger partial charge >= 0.3 is 0 Å². The zero-order valence-corrected chi connectivity index (χ0v) is 13.1. The van der Waals surface area contributed by atoms with Crippen LogP contribution in [0.25, 0.3) is 0 Å². The van der Waals surface area contributed by atoms with Gasteiger partial charge in [0.1, 0.15) is 6.61 Å². The molecule has 120 valence electrons. The highest BCUT2D eigenvalue weighted by atomic mass is 16.5. The van der Waals surface area contributed by atoms with E-state index >= 15 is 0 Å². The second-order valence-electron chi connectivity index (χ2n) is 6.61. The van der Waals surface area contributed by atoms with Crippen molar-refractivity contribution in [1.82, 2.24) is 4.90 Å². The standard InChI is InChI=1S/C16H28N2O3/c1-12-4-2-3-5-14(12)21-11-16(20)18-8-6-13(7-9-18)10-15(17)19/h12-14H,2-11H2,1H3,(H2,17,19)/t12-,14+/m1/s1. The van der Waals surface area contributed by atoms with Crippen molar-refractivity contribution < 1.29 is 14.3 Å². The first-order valence-electron chi connectivity index (χ1n) is 8.24. The Balaban J connectivity index is 1.68. The molecule has 0 aromatic carbocycles. The summed E-state index contributed by atoms with van der Waals surface area (Å²) in [6.07, 6.45) is 7.20. The Labute approximate surface area is 127 Å². The zero-order chi connectivity index (χ0) is 15.2. The maximum Gasteiger partial charge on any atom is 0.248 e. The van der Waals surface area contributed by atoms with E-state index in [1.165, 1.54) is 19.3 Å². The van der Waals surface area contributed by atoms with E-state index < -0.39 is 0 Å². The molecule has 2 fully saturated rings. The predicted octanol–water partition coefficient (Wildman–Crippen LogP) is 1.70. The number of piperidine rings is 1. The highest BCUT2D eigenvalue weighted by Gasteiger charge is 2.26. The van der Waals surface area contributed by atoms with Crippen molar-refractivity contribution >= 4 is 11.8 Å². The van der Waals surface area contributed by atoms with Gasteiger partial charge in [-0.3, -0.25) is 9.59 Å². The van der Waals surface area contributed by atoms with E-state index in [-0.39, 0.29) is 24.5 Å². The van der Waals surface area contributed by atoms with Gasteiger partial charge in [-0.25, -0.2) is 0 Å². The van der Waals surface area contributed by atoms with Crippen LogP contribution in [0.3, 0.4) is 0 Å². The van der Waals surface area contributed by atoms with E-state index in [1.54, 1.807) is 0 Å². The minimum atomic E-state index is -0.241. The number of amides is 2. The van der Waals surface area contributed by atoms with Gasteiger partial charge in [-0.2, -0.15) is 0 Å². The third-order valence-corrected chi connectivity index (χ3v) is 4.91. The Morgan fingerprint density at radius 3 is 2.43 bits per heavy atom. The summed E-state index contributed by atoms with van der Waals surface area (Å²) in [5.74, 6) is 0.749. The fourth-order valence-corrected chi connectivity index (χ4v) is 3.47. The third-order valence-electron chi connectivity index (χ3n) is 4.91. The Kier molecular flexibility index (Phi) is 6.03. The second kappa shape index (κ2) is 7.78. The maximum absolute atomic E-state index is 12.2. The summed E-state index contributed by atoms with van der Waals surface area (Å²) < 4.78 is 5.84. The van der Waals surface area contributed by atoms with Gasteiger partial charge in [0.15, 0.2) is 0 Å². The first-order chi connectivity index (χ1) is 10.1. The van der Waals surface area contributed by atoms with Crippen LogP contribution in [0.15, 0.2) is 0 Å². The first-order valence-corrected chi connectivity index (χ1v) is 8.24. The van der Waals surface area contributed by atoms with E-state index in [1.807, 2.05) is 4.90 Å². The van der Waals surface area contributed by atoms with Gasteiger partial charge in [0.25, 0.3) is 0 Å². The van der Waals surface area contributed by atoms with E-state index in [0.29, 0.717) is 18.3 Å². The van der Waals surface area contributed by atoms with Gasteiger partial charge in [0.05, 0.1) is 6.10 Å². The van der Waals surface area contributed by atoms with Crippen LogP contribution >= 0.6 is 0 Å². The Morgan fingerprint density at radius 2 is 1.81 bits per heavy atom. The average molecular weight is 296 g/mol. The highest BCUT2D eigenvalue weighted by Crippen LogP contribution is 2.26. The quantitative estimate of drug-likeness (QED) is 0.839. The summed E-state index contributed by atoms with van der Waals surface area (Å²) >= 11 is 0. The molecular formula is C16H28N2O3. The number of carbonyl (C=O) groups excluding carboxylic acids is 2. The number of carbonyl (C=O) groups is 2. The number of primary amides is 1. The number of ether oxygens (including phenoxy) is 1. The second-order valence-corrected chi connectivity index (χ2v) is 6.61. The van der Waals surface area contributed by atoms with Gasteiger partial charge in [-0.05, 0) is 37.5 Å². The van der Waals surface area contributed by atoms with Crippen LogP contribution in [0.4, 0.5) is 0 Å². The number of hydrogen-bond acceptors (Lipinski definition) is 3. The van der Waals surface area contributed by atoms with E-state index in [4.69, 9.17) is 10.5 Å². The molecular weight excluding hydrogens is 268 g/mol. The molecule has 0 bridgehead atoms. The summed E-state index contributed by atoms with van der Waals surface area (Å²) in [4.78, 5) is 25.0. The molecule has 2 amide bonds. The van der Waals surface area contributed by atoms with Crippen LogP contribution in [0, 0.1) is 11.8 Å². The minimum absolute atomic E-state index is 0.0882. The molecule has 1 aliphatic heterocycles. The number of nitrogens with two attached hydrogens (primary N) is 1. The molecule has 2 N–H and O–H groups in total.